The maximum Gasteiger partial charge on any atom is 0.312 e. The first-order valence-corrected chi connectivity index (χ1v) is 11.8. The van der Waals surface area contributed by atoms with Gasteiger partial charge in [0.05, 0.1) is 5.56 Å². The summed E-state index contributed by atoms with van der Waals surface area (Å²) in [6.07, 6.45) is 7.30. The summed E-state index contributed by atoms with van der Waals surface area (Å²) in [5.74, 6) is 0.327. The standard InChI is InChI=1S/C24H33N5O2/c1-17(2)21-19-9-5-4-8-18(19)20(16-25)22(26-21)27-12-14-29(15-13-27)24(31)23(30)28-10-6-3-7-11-28/h17H,3-15H2,1-2H3. The molecule has 0 radical (unpaired) electrons. The van der Waals surface area contributed by atoms with Crippen molar-refractivity contribution in [3.05, 3.63) is 22.4 Å². The third-order valence-corrected chi connectivity index (χ3v) is 6.88. The molecule has 0 unspecified atom stereocenters. The molecule has 3 aliphatic rings. The minimum Gasteiger partial charge on any atom is -0.352 e. The summed E-state index contributed by atoms with van der Waals surface area (Å²) in [7, 11) is 0. The Morgan fingerprint density at radius 2 is 1.42 bits per heavy atom. The molecule has 2 fully saturated rings. The third-order valence-electron chi connectivity index (χ3n) is 6.88. The molecule has 7 heteroatoms. The average molecular weight is 424 g/mol. The monoisotopic (exact) mass is 423 g/mol. The summed E-state index contributed by atoms with van der Waals surface area (Å²) in [6.45, 7) is 7.86. The number of nitrogens with zero attached hydrogens (tertiary/aromatic N) is 5. The van der Waals surface area contributed by atoms with Gasteiger partial charge in [0.15, 0.2) is 0 Å². The number of fused-ring (bicyclic) bond motifs is 1. The normalized spacial score (nSPS) is 19.2. The second kappa shape index (κ2) is 9.25. The molecule has 7 nitrogen and oxygen atoms in total. The number of nitriles is 1. The molecule has 2 aliphatic heterocycles. The summed E-state index contributed by atoms with van der Waals surface area (Å²) in [5, 5.41) is 9.96. The largest absolute Gasteiger partial charge is 0.352 e. The maximum absolute atomic E-state index is 12.7. The van der Waals surface area contributed by atoms with Gasteiger partial charge in [0.1, 0.15) is 11.9 Å². The summed E-state index contributed by atoms with van der Waals surface area (Å²) in [4.78, 5) is 35.8. The van der Waals surface area contributed by atoms with Crippen LogP contribution in [0.2, 0.25) is 0 Å². The van der Waals surface area contributed by atoms with Crippen molar-refractivity contribution in [3.63, 3.8) is 0 Å². The fourth-order valence-electron chi connectivity index (χ4n) is 5.15. The molecule has 0 saturated carbocycles. The van der Waals surface area contributed by atoms with Gasteiger partial charge in [0.25, 0.3) is 0 Å². The molecule has 2 amide bonds. The molecule has 0 aromatic carbocycles. The Morgan fingerprint density at radius 3 is 2.00 bits per heavy atom. The second-order valence-electron chi connectivity index (χ2n) is 9.26. The summed E-state index contributed by atoms with van der Waals surface area (Å²) in [6, 6.07) is 2.44. The van der Waals surface area contributed by atoms with Crippen LogP contribution < -0.4 is 4.90 Å². The van der Waals surface area contributed by atoms with Crippen LogP contribution in [0.1, 0.15) is 74.3 Å². The van der Waals surface area contributed by atoms with E-state index in [1.54, 1.807) is 9.80 Å². The number of pyridine rings is 1. The van der Waals surface area contributed by atoms with Gasteiger partial charge in [-0.15, -0.1) is 0 Å². The van der Waals surface area contributed by atoms with Crippen LogP contribution in [-0.2, 0) is 22.4 Å². The van der Waals surface area contributed by atoms with Gasteiger partial charge >= 0.3 is 11.8 Å². The fourth-order valence-corrected chi connectivity index (χ4v) is 5.15. The molecular weight excluding hydrogens is 390 g/mol. The average Bonchev–Trinajstić information content (AvgIpc) is 2.82. The molecule has 31 heavy (non-hydrogen) atoms. The molecular formula is C24H33N5O2. The molecule has 0 bridgehead atoms. The molecule has 3 heterocycles. The molecule has 0 spiro atoms. The number of carbonyl (C=O) groups excluding carboxylic acids is 2. The van der Waals surface area contributed by atoms with E-state index < -0.39 is 0 Å². The van der Waals surface area contributed by atoms with E-state index in [-0.39, 0.29) is 11.8 Å². The van der Waals surface area contributed by atoms with Crippen molar-refractivity contribution >= 4 is 17.6 Å². The molecule has 166 valence electrons. The predicted molar refractivity (Wildman–Crippen MR) is 119 cm³/mol. The molecule has 1 aromatic rings. The number of anilines is 1. The van der Waals surface area contributed by atoms with Crippen molar-refractivity contribution < 1.29 is 9.59 Å². The van der Waals surface area contributed by atoms with Crippen molar-refractivity contribution in [1.29, 1.82) is 5.26 Å². The second-order valence-corrected chi connectivity index (χ2v) is 9.26. The molecule has 1 aromatic heterocycles. The minimum absolute atomic E-state index is 0.309. The quantitative estimate of drug-likeness (QED) is 0.683. The predicted octanol–water partition coefficient (Wildman–Crippen LogP) is 2.62. The molecule has 0 N–H and O–H groups in total. The lowest BCUT2D eigenvalue weighted by atomic mass is 9.85. The van der Waals surface area contributed by atoms with Gasteiger partial charge in [0.2, 0.25) is 0 Å². The van der Waals surface area contributed by atoms with Crippen LogP contribution in [0.5, 0.6) is 0 Å². The Balaban J connectivity index is 1.51. The Labute approximate surface area is 185 Å². The zero-order valence-electron chi connectivity index (χ0n) is 18.8. The van der Waals surface area contributed by atoms with E-state index in [1.165, 1.54) is 11.1 Å². The number of likely N-dealkylation sites (tertiary alicyclic amines) is 1. The number of rotatable bonds is 2. The van der Waals surface area contributed by atoms with Crippen molar-refractivity contribution in [3.8, 4) is 6.07 Å². The van der Waals surface area contributed by atoms with E-state index in [0.29, 0.717) is 50.7 Å². The Morgan fingerprint density at radius 1 is 0.839 bits per heavy atom. The fraction of sp³-hybridized carbons (Fsp3) is 0.667. The van der Waals surface area contributed by atoms with Gasteiger partial charge in [-0.05, 0) is 62.0 Å². The van der Waals surface area contributed by atoms with Gasteiger partial charge in [-0.1, -0.05) is 13.8 Å². The lowest BCUT2D eigenvalue weighted by Gasteiger charge is -2.37. The summed E-state index contributed by atoms with van der Waals surface area (Å²) in [5.41, 5.74) is 4.29. The van der Waals surface area contributed by atoms with Crippen molar-refractivity contribution in [2.75, 3.05) is 44.2 Å². The number of hydrogen-bond acceptors (Lipinski definition) is 5. The Hall–Kier alpha value is -2.62. The highest BCUT2D eigenvalue weighted by atomic mass is 16.2. The zero-order chi connectivity index (χ0) is 22.0. The van der Waals surface area contributed by atoms with Crippen LogP contribution in [0.3, 0.4) is 0 Å². The number of amides is 2. The van der Waals surface area contributed by atoms with Crippen molar-refractivity contribution in [2.24, 2.45) is 0 Å². The van der Waals surface area contributed by atoms with Crippen molar-refractivity contribution in [1.82, 2.24) is 14.8 Å². The van der Waals surface area contributed by atoms with Gasteiger partial charge in [-0.25, -0.2) is 4.98 Å². The summed E-state index contributed by atoms with van der Waals surface area (Å²) >= 11 is 0. The third kappa shape index (κ3) is 4.26. The van der Waals surface area contributed by atoms with E-state index in [1.807, 2.05) is 0 Å². The zero-order valence-corrected chi connectivity index (χ0v) is 18.8. The van der Waals surface area contributed by atoms with E-state index in [0.717, 1.165) is 56.5 Å². The molecule has 4 rings (SSSR count). The van der Waals surface area contributed by atoms with Gasteiger partial charge in [0, 0.05) is 45.0 Å². The van der Waals surface area contributed by atoms with Crippen molar-refractivity contribution in [2.45, 2.75) is 64.7 Å². The SMILES string of the molecule is CC(C)c1nc(N2CCN(C(=O)C(=O)N3CCCCC3)CC2)c(C#N)c2c1CCCC2. The van der Waals surface area contributed by atoms with E-state index >= 15 is 0 Å². The van der Waals surface area contributed by atoms with Crippen LogP contribution in [-0.4, -0.2) is 65.9 Å². The molecule has 2 saturated heterocycles. The first kappa shape index (κ1) is 21.6. The van der Waals surface area contributed by atoms with E-state index in [4.69, 9.17) is 4.98 Å². The van der Waals surface area contributed by atoms with Crippen LogP contribution in [0.15, 0.2) is 0 Å². The molecule has 1 aliphatic carbocycles. The molecule has 0 atom stereocenters. The lowest BCUT2D eigenvalue weighted by molar-refractivity contribution is -0.152. The Bertz CT molecular complexity index is 890. The number of aromatic nitrogens is 1. The van der Waals surface area contributed by atoms with Crippen LogP contribution >= 0.6 is 0 Å². The van der Waals surface area contributed by atoms with Gasteiger partial charge < -0.3 is 14.7 Å². The number of hydrogen-bond donors (Lipinski definition) is 0. The highest BCUT2D eigenvalue weighted by molar-refractivity contribution is 6.34. The smallest absolute Gasteiger partial charge is 0.312 e. The number of carbonyl (C=O) groups is 2. The van der Waals surface area contributed by atoms with Crippen LogP contribution in [0, 0.1) is 11.3 Å². The lowest BCUT2D eigenvalue weighted by Crippen LogP contribution is -2.54. The number of piperazine rings is 1. The first-order chi connectivity index (χ1) is 15.0. The van der Waals surface area contributed by atoms with E-state index in [2.05, 4.69) is 24.8 Å². The minimum atomic E-state index is -0.386. The number of piperidine rings is 1. The van der Waals surface area contributed by atoms with Gasteiger partial charge in [-0.2, -0.15) is 5.26 Å². The van der Waals surface area contributed by atoms with Crippen LogP contribution in [0.25, 0.3) is 0 Å². The Kier molecular flexibility index (Phi) is 6.45. The first-order valence-electron chi connectivity index (χ1n) is 11.8. The highest BCUT2D eigenvalue weighted by Gasteiger charge is 2.32. The highest BCUT2D eigenvalue weighted by Crippen LogP contribution is 2.35. The van der Waals surface area contributed by atoms with E-state index in [9.17, 15) is 14.9 Å². The van der Waals surface area contributed by atoms with Crippen LogP contribution in [0.4, 0.5) is 5.82 Å². The van der Waals surface area contributed by atoms with Gasteiger partial charge in [-0.3, -0.25) is 9.59 Å². The maximum atomic E-state index is 12.7. The topological polar surface area (TPSA) is 80.5 Å². The summed E-state index contributed by atoms with van der Waals surface area (Å²) < 4.78 is 0.